The molecule has 1 aliphatic heterocycles. The molecule has 6 rings (SSSR count). The summed E-state index contributed by atoms with van der Waals surface area (Å²) in [7, 11) is 0. The smallest absolute Gasteiger partial charge is 0.338 e. The highest BCUT2D eigenvalue weighted by atomic mass is 19.1. The van der Waals surface area contributed by atoms with Gasteiger partial charge in [-0.05, 0) is 80.2 Å². The molecule has 3 aromatic rings. The normalized spacial score (nSPS) is 16.8. The summed E-state index contributed by atoms with van der Waals surface area (Å²) in [6, 6.07) is 8.45. The van der Waals surface area contributed by atoms with Crippen LogP contribution in [0.4, 0.5) is 4.39 Å². The van der Waals surface area contributed by atoms with Gasteiger partial charge in [0.25, 0.3) is 11.8 Å². The van der Waals surface area contributed by atoms with Gasteiger partial charge in [-0.3, -0.25) is 43.3 Å². The van der Waals surface area contributed by atoms with Crippen molar-refractivity contribution >= 4 is 64.1 Å². The Bertz CT molecular complexity index is 2550. The Balaban J connectivity index is 1.01. The van der Waals surface area contributed by atoms with E-state index in [-0.39, 0.29) is 58.1 Å². The van der Waals surface area contributed by atoms with Gasteiger partial charge in [-0.15, -0.1) is 0 Å². The molecule has 3 aliphatic rings. The van der Waals surface area contributed by atoms with Gasteiger partial charge in [0.15, 0.2) is 5.60 Å². The lowest BCUT2D eigenvalue weighted by Crippen LogP contribution is -2.53. The molecule has 3 atom stereocenters. The molecule has 1 fully saturated rings. The Morgan fingerprint density at radius 3 is 2.31 bits per heavy atom. The van der Waals surface area contributed by atoms with Gasteiger partial charge in [0.05, 0.1) is 49.8 Å². The third-order valence-electron chi connectivity index (χ3n) is 13.0. The third kappa shape index (κ3) is 13.4. The molecule has 0 unspecified atom stereocenters. The second kappa shape index (κ2) is 24.1. The predicted molar refractivity (Wildman–Crippen MR) is 251 cm³/mol. The number of hydrogen-bond donors (Lipinski definition) is 8. The van der Waals surface area contributed by atoms with Gasteiger partial charge in [-0.1, -0.05) is 43.7 Å². The lowest BCUT2D eigenvalue weighted by Gasteiger charge is -2.41. The lowest BCUT2D eigenvalue weighted by atomic mass is 9.68. The fraction of sp³-hybridized carbons (Fsp3) is 0.469. The molecule has 71 heavy (non-hydrogen) atoms. The monoisotopic (exact) mass is 985 g/mol. The Morgan fingerprint density at radius 2 is 1.63 bits per heavy atom. The number of pyridine rings is 1. The van der Waals surface area contributed by atoms with Gasteiger partial charge in [0, 0.05) is 49.2 Å². The van der Waals surface area contributed by atoms with Crippen molar-refractivity contribution in [1.29, 1.82) is 0 Å². The number of hydrogen-bond acceptors (Lipinski definition) is 14. The van der Waals surface area contributed by atoms with Gasteiger partial charge < -0.3 is 46.5 Å². The summed E-state index contributed by atoms with van der Waals surface area (Å²) in [4.78, 5) is 119. The number of aryl methyl sites for hydroxylation is 1. The minimum Gasteiger partial charge on any atom is -0.464 e. The topological polar surface area (TPSA) is 293 Å². The van der Waals surface area contributed by atoms with Crippen LogP contribution in [-0.2, 0) is 72.0 Å². The van der Waals surface area contributed by atoms with Crippen LogP contribution in [0.2, 0.25) is 0 Å². The number of imide groups is 1. The van der Waals surface area contributed by atoms with Crippen LogP contribution in [0.5, 0.6) is 0 Å². The number of benzene rings is 2. The summed E-state index contributed by atoms with van der Waals surface area (Å²) in [6.45, 7) is 3.21. The van der Waals surface area contributed by atoms with Crippen LogP contribution < -0.4 is 37.3 Å². The first-order valence-electron chi connectivity index (χ1n) is 23.6. The van der Waals surface area contributed by atoms with E-state index in [9.17, 15) is 48.3 Å². The summed E-state index contributed by atoms with van der Waals surface area (Å²) in [5.41, 5.74) is 3.27. The standard InChI is InChI=1S/C49H60FN9O12/c1-4-49(69,47(68)71-5-2)19-16-37(60)52-23-31-22-51-35-21-33(50)29(3)32-12-13-34(43(31)44(32)35)58-46(67)48(17-9-18-48)27-70-28-55-38(61)24-54-45(66)36(20-30-10-7-6-8-11-30)57-40(63)25-53-39(62)26-56-59-41(64)14-15-42(59)65/h6-8,10-11,14-15,21-22,34,36,56,69H,4-5,9,12-13,16-20,23-28H2,1-3H3,(H,52,60)(H,53,62)(H,54,66)(H,55,61)(H,57,63)(H,58,67)/t34-,36-,49-/m0/s1. The number of aromatic nitrogens is 1. The number of carbonyl (C=O) groups excluding carboxylic acids is 9. The van der Waals surface area contributed by atoms with Crippen LogP contribution >= 0.6 is 0 Å². The predicted octanol–water partition coefficient (Wildman–Crippen LogP) is 0.537. The average molecular weight is 986 g/mol. The second-order valence-electron chi connectivity index (χ2n) is 17.7. The quantitative estimate of drug-likeness (QED) is 0.0249. The van der Waals surface area contributed by atoms with E-state index >= 15 is 4.39 Å². The van der Waals surface area contributed by atoms with Crippen LogP contribution in [0.3, 0.4) is 0 Å². The molecule has 2 aliphatic carbocycles. The van der Waals surface area contributed by atoms with E-state index in [0.29, 0.717) is 63.8 Å². The van der Waals surface area contributed by atoms with Gasteiger partial charge >= 0.3 is 5.97 Å². The van der Waals surface area contributed by atoms with Crippen LogP contribution in [0, 0.1) is 18.2 Å². The molecule has 1 saturated carbocycles. The molecule has 0 radical (unpaired) electrons. The van der Waals surface area contributed by atoms with Crippen molar-refractivity contribution < 1.29 is 62.1 Å². The van der Waals surface area contributed by atoms with E-state index in [1.165, 1.54) is 6.07 Å². The Morgan fingerprint density at radius 1 is 0.930 bits per heavy atom. The van der Waals surface area contributed by atoms with Crippen molar-refractivity contribution in [2.75, 3.05) is 39.6 Å². The number of carbonyl (C=O) groups is 9. The molecule has 0 saturated heterocycles. The molecule has 8 amide bonds. The Labute approximate surface area is 408 Å². The number of hydrazine groups is 1. The number of nitrogens with zero attached hydrogens (tertiary/aromatic N) is 2. The van der Waals surface area contributed by atoms with E-state index in [4.69, 9.17) is 9.47 Å². The minimum atomic E-state index is -1.82. The van der Waals surface area contributed by atoms with Crippen LogP contribution in [0.25, 0.3) is 10.9 Å². The molecule has 8 N–H and O–H groups in total. The largest absolute Gasteiger partial charge is 0.464 e. The number of amides is 8. The summed E-state index contributed by atoms with van der Waals surface area (Å²) in [5, 5.41) is 28.2. The van der Waals surface area contributed by atoms with Gasteiger partial charge in [0.2, 0.25) is 35.4 Å². The number of ether oxygens (including phenoxy) is 2. The number of nitrogens with one attached hydrogen (secondary N) is 7. The van der Waals surface area contributed by atoms with E-state index in [0.717, 1.165) is 24.1 Å². The average Bonchev–Trinajstić information content (AvgIpc) is 3.67. The fourth-order valence-electron chi connectivity index (χ4n) is 8.62. The minimum absolute atomic E-state index is 0.00641. The fourth-order valence-corrected chi connectivity index (χ4v) is 8.62. The van der Waals surface area contributed by atoms with E-state index < -0.39 is 95.9 Å². The molecular formula is C49H60FN9O12. The third-order valence-corrected chi connectivity index (χ3v) is 13.0. The van der Waals surface area contributed by atoms with Crippen LogP contribution in [0.15, 0.2) is 54.7 Å². The zero-order valence-corrected chi connectivity index (χ0v) is 39.9. The molecular weight excluding hydrogens is 926 g/mol. The summed E-state index contributed by atoms with van der Waals surface area (Å²) < 4.78 is 25.9. The van der Waals surface area contributed by atoms with E-state index in [1.54, 1.807) is 57.3 Å². The van der Waals surface area contributed by atoms with Crippen molar-refractivity contribution in [3.63, 3.8) is 0 Å². The van der Waals surface area contributed by atoms with Gasteiger partial charge in [-0.25, -0.2) is 19.6 Å². The first-order valence-corrected chi connectivity index (χ1v) is 23.6. The van der Waals surface area contributed by atoms with Gasteiger partial charge in [0.1, 0.15) is 18.6 Å². The van der Waals surface area contributed by atoms with Crippen molar-refractivity contribution in [3.05, 3.63) is 88.4 Å². The highest BCUT2D eigenvalue weighted by molar-refractivity contribution is 6.12. The molecule has 22 heteroatoms. The molecule has 0 spiro atoms. The van der Waals surface area contributed by atoms with Crippen molar-refractivity contribution in [1.82, 2.24) is 47.3 Å². The highest BCUT2D eigenvalue weighted by Crippen LogP contribution is 2.44. The lowest BCUT2D eigenvalue weighted by molar-refractivity contribution is -0.166. The maximum absolute atomic E-state index is 15.1. The van der Waals surface area contributed by atoms with Crippen molar-refractivity contribution in [3.8, 4) is 0 Å². The number of esters is 1. The zero-order valence-electron chi connectivity index (χ0n) is 39.9. The Kier molecular flexibility index (Phi) is 18.1. The summed E-state index contributed by atoms with van der Waals surface area (Å²) in [5.74, 6) is -5.93. The van der Waals surface area contributed by atoms with Crippen LogP contribution in [0.1, 0.15) is 92.7 Å². The molecule has 1 aromatic heterocycles. The molecule has 21 nitrogen and oxygen atoms in total. The number of halogens is 1. The summed E-state index contributed by atoms with van der Waals surface area (Å²) >= 11 is 0. The highest BCUT2D eigenvalue weighted by Gasteiger charge is 2.46. The first-order chi connectivity index (χ1) is 34.0. The van der Waals surface area contributed by atoms with Crippen molar-refractivity contribution in [2.45, 2.75) is 103 Å². The zero-order chi connectivity index (χ0) is 51.3. The van der Waals surface area contributed by atoms with Crippen LogP contribution in [-0.4, -0.2) is 120 Å². The number of rotatable bonds is 25. The molecule has 2 heterocycles. The summed E-state index contributed by atoms with van der Waals surface area (Å²) in [6.07, 6.45) is 6.07. The SMILES string of the molecule is CCOC(=O)[C@](O)(CC)CCC(=O)NCc1cnc2cc(F)c(C)c3c2c1[C@@H](NC(=O)C1(COCNC(=O)CNC(=O)[C@H](Cc2ccccc2)NC(=O)CNC(=O)CNN2C(=O)C=CC2=O)CCC1)CC3. The Hall–Kier alpha value is -7.17. The second-order valence-corrected chi connectivity index (χ2v) is 17.7. The molecule has 380 valence electrons. The van der Waals surface area contributed by atoms with E-state index in [2.05, 4.69) is 42.3 Å². The maximum Gasteiger partial charge on any atom is 0.338 e. The van der Waals surface area contributed by atoms with E-state index in [1.807, 2.05) is 0 Å². The first kappa shape index (κ1) is 53.2. The van der Waals surface area contributed by atoms with Gasteiger partial charge in [-0.2, -0.15) is 0 Å². The molecule has 2 aromatic carbocycles. The molecule has 0 bridgehead atoms. The maximum atomic E-state index is 15.1. The van der Waals surface area contributed by atoms with Crippen molar-refractivity contribution in [2.24, 2.45) is 5.41 Å². The number of aliphatic hydroxyl groups is 1.